The van der Waals surface area contributed by atoms with E-state index in [1.165, 1.54) is 0 Å². The SMILES string of the molecule is COc1ccc(CNC(=O)C(C)CCCC(C)N)cn1. The molecule has 0 bridgehead atoms. The Morgan fingerprint density at radius 3 is 2.70 bits per heavy atom. The van der Waals surface area contributed by atoms with Crippen molar-refractivity contribution in [3.05, 3.63) is 23.9 Å². The summed E-state index contributed by atoms with van der Waals surface area (Å²) in [5, 5.41) is 2.92. The molecule has 1 rings (SSSR count). The molecule has 3 N–H and O–H groups in total. The van der Waals surface area contributed by atoms with Crippen LogP contribution in [-0.2, 0) is 11.3 Å². The van der Waals surface area contributed by atoms with Gasteiger partial charge in [0, 0.05) is 30.8 Å². The summed E-state index contributed by atoms with van der Waals surface area (Å²) < 4.78 is 4.99. The third-order valence-electron chi connectivity index (χ3n) is 3.22. The van der Waals surface area contributed by atoms with Crippen molar-refractivity contribution in [1.29, 1.82) is 0 Å². The molecular weight excluding hydrogens is 254 g/mol. The summed E-state index contributed by atoms with van der Waals surface area (Å²) in [4.78, 5) is 16.0. The summed E-state index contributed by atoms with van der Waals surface area (Å²) in [5.41, 5.74) is 6.66. The van der Waals surface area contributed by atoms with E-state index in [2.05, 4.69) is 10.3 Å². The van der Waals surface area contributed by atoms with Crippen molar-refractivity contribution in [2.45, 2.75) is 45.7 Å². The number of nitrogens with two attached hydrogens (primary N) is 1. The Labute approximate surface area is 120 Å². The third-order valence-corrected chi connectivity index (χ3v) is 3.22. The molecule has 0 spiro atoms. The van der Waals surface area contributed by atoms with E-state index in [1.807, 2.05) is 19.9 Å². The van der Waals surface area contributed by atoms with Crippen molar-refractivity contribution in [2.75, 3.05) is 7.11 Å². The summed E-state index contributed by atoms with van der Waals surface area (Å²) in [7, 11) is 1.58. The number of carbonyl (C=O) groups excluding carboxylic acids is 1. The highest BCUT2D eigenvalue weighted by Gasteiger charge is 2.12. The van der Waals surface area contributed by atoms with Crippen LogP contribution in [0.4, 0.5) is 0 Å². The van der Waals surface area contributed by atoms with Crippen LogP contribution in [0.5, 0.6) is 5.88 Å². The summed E-state index contributed by atoms with van der Waals surface area (Å²) in [6.07, 6.45) is 4.52. The number of ether oxygens (including phenoxy) is 1. The number of methoxy groups -OCH3 is 1. The molecule has 0 aliphatic carbocycles. The molecule has 1 aromatic rings. The molecule has 0 aromatic carbocycles. The van der Waals surface area contributed by atoms with E-state index in [0.717, 1.165) is 24.8 Å². The lowest BCUT2D eigenvalue weighted by molar-refractivity contribution is -0.124. The Morgan fingerprint density at radius 2 is 2.15 bits per heavy atom. The predicted molar refractivity (Wildman–Crippen MR) is 79.3 cm³/mol. The maximum atomic E-state index is 11.9. The highest BCUT2D eigenvalue weighted by Crippen LogP contribution is 2.10. The van der Waals surface area contributed by atoms with Gasteiger partial charge in [-0.25, -0.2) is 4.98 Å². The van der Waals surface area contributed by atoms with E-state index in [9.17, 15) is 4.79 Å². The molecule has 0 saturated heterocycles. The van der Waals surface area contributed by atoms with Crippen LogP contribution in [0.2, 0.25) is 0 Å². The molecule has 0 aliphatic rings. The summed E-state index contributed by atoms with van der Waals surface area (Å²) in [6.45, 7) is 4.43. The van der Waals surface area contributed by atoms with Crippen molar-refractivity contribution in [2.24, 2.45) is 11.7 Å². The second-order valence-electron chi connectivity index (χ2n) is 5.24. The van der Waals surface area contributed by atoms with E-state index in [0.29, 0.717) is 12.4 Å². The van der Waals surface area contributed by atoms with E-state index in [4.69, 9.17) is 10.5 Å². The molecule has 2 atom stereocenters. The second kappa shape index (κ2) is 8.53. The third kappa shape index (κ3) is 6.02. The number of carbonyl (C=O) groups is 1. The van der Waals surface area contributed by atoms with E-state index >= 15 is 0 Å². The molecule has 112 valence electrons. The minimum atomic E-state index is 0.0138. The molecule has 5 heteroatoms. The molecule has 1 amide bonds. The summed E-state index contributed by atoms with van der Waals surface area (Å²) in [5.74, 6) is 0.662. The Kier molecular flexibility index (Phi) is 7.01. The first-order valence-corrected chi connectivity index (χ1v) is 7.05. The van der Waals surface area contributed by atoms with Crippen molar-refractivity contribution in [1.82, 2.24) is 10.3 Å². The number of pyridine rings is 1. The van der Waals surface area contributed by atoms with Crippen LogP contribution in [0.25, 0.3) is 0 Å². The standard InChI is InChI=1S/C15H25N3O2/c1-11(5-4-6-12(2)16)15(19)18-10-13-7-8-14(20-3)17-9-13/h7-9,11-12H,4-6,10,16H2,1-3H3,(H,18,19). The highest BCUT2D eigenvalue weighted by atomic mass is 16.5. The fourth-order valence-corrected chi connectivity index (χ4v) is 1.88. The molecule has 0 saturated carbocycles. The van der Waals surface area contributed by atoms with E-state index in [1.54, 1.807) is 19.4 Å². The van der Waals surface area contributed by atoms with Gasteiger partial charge in [0.05, 0.1) is 7.11 Å². The Morgan fingerprint density at radius 1 is 1.40 bits per heavy atom. The smallest absolute Gasteiger partial charge is 0.223 e. The van der Waals surface area contributed by atoms with Gasteiger partial charge in [-0.05, 0) is 25.3 Å². The number of rotatable bonds is 8. The van der Waals surface area contributed by atoms with Crippen molar-refractivity contribution < 1.29 is 9.53 Å². The van der Waals surface area contributed by atoms with Gasteiger partial charge in [0.1, 0.15) is 0 Å². The van der Waals surface area contributed by atoms with Crippen LogP contribution in [0, 0.1) is 5.92 Å². The predicted octanol–water partition coefficient (Wildman–Crippen LogP) is 1.86. The van der Waals surface area contributed by atoms with Crippen molar-refractivity contribution in [3.8, 4) is 5.88 Å². The molecule has 0 radical (unpaired) electrons. The minimum absolute atomic E-state index is 0.0138. The number of nitrogens with zero attached hydrogens (tertiary/aromatic N) is 1. The van der Waals surface area contributed by atoms with Gasteiger partial charge in [-0.2, -0.15) is 0 Å². The lowest BCUT2D eigenvalue weighted by Gasteiger charge is -2.13. The topological polar surface area (TPSA) is 77.2 Å². The maximum Gasteiger partial charge on any atom is 0.223 e. The number of aromatic nitrogens is 1. The number of nitrogens with one attached hydrogen (secondary N) is 1. The van der Waals surface area contributed by atoms with Crippen LogP contribution in [0.15, 0.2) is 18.3 Å². The van der Waals surface area contributed by atoms with Crippen LogP contribution in [-0.4, -0.2) is 24.0 Å². The van der Waals surface area contributed by atoms with Crippen molar-refractivity contribution >= 4 is 5.91 Å². The largest absolute Gasteiger partial charge is 0.481 e. The number of hydrogen-bond donors (Lipinski definition) is 2. The molecule has 1 heterocycles. The first-order chi connectivity index (χ1) is 9.52. The van der Waals surface area contributed by atoms with Gasteiger partial charge in [-0.3, -0.25) is 4.79 Å². The summed E-state index contributed by atoms with van der Waals surface area (Å²) in [6, 6.07) is 3.89. The lowest BCUT2D eigenvalue weighted by atomic mass is 10.0. The average Bonchev–Trinajstić information content (AvgIpc) is 2.44. The quantitative estimate of drug-likeness (QED) is 0.761. The molecule has 2 unspecified atom stereocenters. The van der Waals surface area contributed by atoms with Crippen LogP contribution in [0.3, 0.4) is 0 Å². The molecule has 1 aromatic heterocycles. The summed E-state index contributed by atoms with van der Waals surface area (Å²) >= 11 is 0. The van der Waals surface area contributed by atoms with Crippen LogP contribution >= 0.6 is 0 Å². The van der Waals surface area contributed by atoms with Gasteiger partial charge in [0.15, 0.2) is 0 Å². The molecule has 20 heavy (non-hydrogen) atoms. The van der Waals surface area contributed by atoms with Gasteiger partial charge in [-0.15, -0.1) is 0 Å². The second-order valence-corrected chi connectivity index (χ2v) is 5.24. The van der Waals surface area contributed by atoms with Gasteiger partial charge in [0.25, 0.3) is 0 Å². The zero-order valence-corrected chi connectivity index (χ0v) is 12.6. The molecular formula is C15H25N3O2. The van der Waals surface area contributed by atoms with E-state index in [-0.39, 0.29) is 17.9 Å². The van der Waals surface area contributed by atoms with Crippen LogP contribution < -0.4 is 15.8 Å². The lowest BCUT2D eigenvalue weighted by Crippen LogP contribution is -2.29. The van der Waals surface area contributed by atoms with Gasteiger partial charge in [-0.1, -0.05) is 19.4 Å². The van der Waals surface area contributed by atoms with Crippen molar-refractivity contribution in [3.63, 3.8) is 0 Å². The first kappa shape index (κ1) is 16.4. The van der Waals surface area contributed by atoms with Gasteiger partial charge < -0.3 is 15.8 Å². The number of hydrogen-bond acceptors (Lipinski definition) is 4. The molecule has 0 aliphatic heterocycles. The van der Waals surface area contributed by atoms with Crippen LogP contribution in [0.1, 0.15) is 38.7 Å². The highest BCUT2D eigenvalue weighted by molar-refractivity contribution is 5.78. The normalized spacial score (nSPS) is 13.6. The Hall–Kier alpha value is -1.62. The Balaban J connectivity index is 2.30. The monoisotopic (exact) mass is 279 g/mol. The zero-order valence-electron chi connectivity index (χ0n) is 12.6. The first-order valence-electron chi connectivity index (χ1n) is 7.05. The van der Waals surface area contributed by atoms with Gasteiger partial charge in [0.2, 0.25) is 11.8 Å². The number of amides is 1. The fraction of sp³-hybridized carbons (Fsp3) is 0.600. The molecule has 5 nitrogen and oxygen atoms in total. The van der Waals surface area contributed by atoms with Gasteiger partial charge >= 0.3 is 0 Å². The maximum absolute atomic E-state index is 11.9. The Bertz CT molecular complexity index is 404. The zero-order chi connectivity index (χ0) is 15.0. The average molecular weight is 279 g/mol. The minimum Gasteiger partial charge on any atom is -0.481 e. The van der Waals surface area contributed by atoms with E-state index < -0.39 is 0 Å². The fourth-order valence-electron chi connectivity index (χ4n) is 1.88. The molecule has 0 fully saturated rings.